The standard InChI is InChI=1S/C9H12N2S/c1-3-4-8(2)10-5-9-6-12-7-11-9/h1,6-8,10H,4-5H2,2H3. The van der Waals surface area contributed by atoms with Crippen LogP contribution in [0.25, 0.3) is 0 Å². The monoisotopic (exact) mass is 180 g/mol. The zero-order valence-electron chi connectivity index (χ0n) is 7.08. The van der Waals surface area contributed by atoms with Gasteiger partial charge in [0.2, 0.25) is 0 Å². The van der Waals surface area contributed by atoms with Crippen LogP contribution in [0.15, 0.2) is 10.9 Å². The summed E-state index contributed by atoms with van der Waals surface area (Å²) in [6.45, 7) is 2.89. The number of hydrogen-bond donors (Lipinski definition) is 1. The Kier molecular flexibility index (Phi) is 3.78. The van der Waals surface area contributed by atoms with Crippen LogP contribution < -0.4 is 5.32 Å². The number of hydrogen-bond acceptors (Lipinski definition) is 3. The summed E-state index contributed by atoms with van der Waals surface area (Å²) in [6, 6.07) is 0.372. The Morgan fingerprint density at radius 1 is 1.83 bits per heavy atom. The zero-order valence-corrected chi connectivity index (χ0v) is 7.90. The minimum absolute atomic E-state index is 0.372. The van der Waals surface area contributed by atoms with E-state index < -0.39 is 0 Å². The van der Waals surface area contributed by atoms with Gasteiger partial charge < -0.3 is 5.32 Å². The topological polar surface area (TPSA) is 24.9 Å². The molecular weight excluding hydrogens is 168 g/mol. The maximum absolute atomic E-state index is 5.17. The van der Waals surface area contributed by atoms with Crippen LogP contribution in [-0.4, -0.2) is 11.0 Å². The van der Waals surface area contributed by atoms with E-state index in [1.54, 1.807) is 11.3 Å². The van der Waals surface area contributed by atoms with Gasteiger partial charge in [-0.15, -0.1) is 23.7 Å². The lowest BCUT2D eigenvalue weighted by Gasteiger charge is -2.08. The van der Waals surface area contributed by atoms with Gasteiger partial charge in [0, 0.05) is 24.4 Å². The van der Waals surface area contributed by atoms with Crippen LogP contribution in [0.4, 0.5) is 0 Å². The normalized spacial score (nSPS) is 12.3. The van der Waals surface area contributed by atoms with Crippen molar-refractivity contribution in [2.75, 3.05) is 0 Å². The molecule has 0 bridgehead atoms. The average Bonchev–Trinajstić information content (AvgIpc) is 2.53. The highest BCUT2D eigenvalue weighted by atomic mass is 32.1. The lowest BCUT2D eigenvalue weighted by atomic mass is 10.2. The van der Waals surface area contributed by atoms with Crippen molar-refractivity contribution in [1.29, 1.82) is 0 Å². The highest BCUT2D eigenvalue weighted by Gasteiger charge is 1.99. The van der Waals surface area contributed by atoms with Gasteiger partial charge >= 0.3 is 0 Å². The van der Waals surface area contributed by atoms with E-state index in [1.807, 2.05) is 10.9 Å². The Balaban J connectivity index is 2.23. The second-order valence-electron chi connectivity index (χ2n) is 2.67. The molecule has 2 nitrogen and oxygen atoms in total. The molecule has 12 heavy (non-hydrogen) atoms. The van der Waals surface area contributed by atoms with Crippen molar-refractivity contribution in [3.63, 3.8) is 0 Å². The van der Waals surface area contributed by atoms with Gasteiger partial charge in [-0.3, -0.25) is 0 Å². The molecule has 0 aromatic carbocycles. The number of thiazole rings is 1. The molecule has 1 rings (SSSR count). The van der Waals surface area contributed by atoms with Gasteiger partial charge in [0.1, 0.15) is 0 Å². The lowest BCUT2D eigenvalue weighted by Crippen LogP contribution is -2.24. The largest absolute Gasteiger partial charge is 0.308 e. The van der Waals surface area contributed by atoms with Crippen LogP contribution >= 0.6 is 11.3 Å². The fourth-order valence-corrected chi connectivity index (χ4v) is 1.41. The molecule has 0 amide bonds. The number of terminal acetylenes is 1. The summed E-state index contributed by atoms with van der Waals surface area (Å²) < 4.78 is 0. The summed E-state index contributed by atoms with van der Waals surface area (Å²) in [7, 11) is 0. The Morgan fingerprint density at radius 3 is 3.25 bits per heavy atom. The first-order valence-corrected chi connectivity index (χ1v) is 4.81. The van der Waals surface area contributed by atoms with Crippen LogP contribution in [0.2, 0.25) is 0 Å². The van der Waals surface area contributed by atoms with Gasteiger partial charge in [0.05, 0.1) is 11.2 Å². The van der Waals surface area contributed by atoms with E-state index >= 15 is 0 Å². The fourth-order valence-electron chi connectivity index (χ4n) is 0.853. The van der Waals surface area contributed by atoms with Crippen LogP contribution in [0.1, 0.15) is 19.0 Å². The molecule has 1 heterocycles. The molecule has 0 aliphatic heterocycles. The number of rotatable bonds is 4. The van der Waals surface area contributed by atoms with E-state index in [-0.39, 0.29) is 0 Å². The quantitative estimate of drug-likeness (QED) is 0.713. The van der Waals surface area contributed by atoms with E-state index in [4.69, 9.17) is 6.42 Å². The first-order chi connectivity index (χ1) is 5.83. The minimum Gasteiger partial charge on any atom is -0.308 e. The summed E-state index contributed by atoms with van der Waals surface area (Å²) in [5, 5.41) is 5.32. The van der Waals surface area contributed by atoms with Crippen molar-refractivity contribution in [3.8, 4) is 12.3 Å². The maximum Gasteiger partial charge on any atom is 0.0795 e. The fraction of sp³-hybridized carbons (Fsp3) is 0.444. The smallest absolute Gasteiger partial charge is 0.0795 e. The first-order valence-electron chi connectivity index (χ1n) is 3.87. The zero-order chi connectivity index (χ0) is 8.81. The van der Waals surface area contributed by atoms with Crippen molar-refractivity contribution < 1.29 is 0 Å². The number of nitrogens with zero attached hydrogens (tertiary/aromatic N) is 1. The Labute approximate surface area is 77.0 Å². The number of aromatic nitrogens is 1. The summed E-state index contributed by atoms with van der Waals surface area (Å²) in [6.07, 6.45) is 5.94. The molecule has 1 aromatic rings. The first kappa shape index (κ1) is 9.24. The molecule has 1 N–H and O–H groups in total. The maximum atomic E-state index is 5.17. The third-order valence-corrected chi connectivity index (χ3v) is 2.17. The van der Waals surface area contributed by atoms with E-state index in [2.05, 4.69) is 23.1 Å². The predicted octanol–water partition coefficient (Wildman–Crippen LogP) is 1.64. The van der Waals surface area contributed by atoms with Crippen LogP contribution in [0.5, 0.6) is 0 Å². The second kappa shape index (κ2) is 4.91. The molecule has 0 aliphatic carbocycles. The predicted molar refractivity (Wildman–Crippen MR) is 51.9 cm³/mol. The lowest BCUT2D eigenvalue weighted by molar-refractivity contribution is 0.554. The summed E-state index contributed by atoms with van der Waals surface area (Å²) in [5.74, 6) is 2.62. The van der Waals surface area contributed by atoms with E-state index in [9.17, 15) is 0 Å². The second-order valence-corrected chi connectivity index (χ2v) is 3.39. The van der Waals surface area contributed by atoms with Gasteiger partial charge in [0.15, 0.2) is 0 Å². The van der Waals surface area contributed by atoms with Gasteiger partial charge in [-0.25, -0.2) is 4.98 Å². The van der Waals surface area contributed by atoms with E-state index in [0.717, 1.165) is 18.7 Å². The molecule has 1 aromatic heterocycles. The molecule has 1 atom stereocenters. The molecular formula is C9H12N2S. The summed E-state index contributed by atoms with van der Waals surface area (Å²) >= 11 is 1.61. The van der Waals surface area contributed by atoms with Crippen molar-refractivity contribution in [3.05, 3.63) is 16.6 Å². The Hall–Kier alpha value is -0.850. The number of nitrogens with one attached hydrogen (secondary N) is 1. The third-order valence-electron chi connectivity index (χ3n) is 1.54. The third kappa shape index (κ3) is 3.04. The van der Waals surface area contributed by atoms with E-state index in [0.29, 0.717) is 6.04 Å². The molecule has 0 radical (unpaired) electrons. The van der Waals surface area contributed by atoms with Crippen molar-refractivity contribution in [2.24, 2.45) is 0 Å². The molecule has 0 spiro atoms. The molecule has 0 aliphatic rings. The van der Waals surface area contributed by atoms with Gasteiger partial charge in [-0.05, 0) is 6.92 Å². The highest BCUT2D eigenvalue weighted by Crippen LogP contribution is 2.00. The van der Waals surface area contributed by atoms with Gasteiger partial charge in [0.25, 0.3) is 0 Å². The average molecular weight is 180 g/mol. The van der Waals surface area contributed by atoms with Crippen molar-refractivity contribution >= 4 is 11.3 Å². The summed E-state index contributed by atoms with van der Waals surface area (Å²) in [5.41, 5.74) is 2.92. The molecule has 64 valence electrons. The van der Waals surface area contributed by atoms with Gasteiger partial charge in [-0.1, -0.05) is 0 Å². The molecule has 0 saturated carbocycles. The highest BCUT2D eigenvalue weighted by molar-refractivity contribution is 7.07. The Morgan fingerprint density at radius 2 is 2.67 bits per heavy atom. The van der Waals surface area contributed by atoms with Gasteiger partial charge in [-0.2, -0.15) is 0 Å². The molecule has 0 saturated heterocycles. The van der Waals surface area contributed by atoms with Crippen molar-refractivity contribution in [1.82, 2.24) is 10.3 Å². The Bertz CT molecular complexity index is 248. The molecule has 1 unspecified atom stereocenters. The van der Waals surface area contributed by atoms with Crippen LogP contribution in [0.3, 0.4) is 0 Å². The van der Waals surface area contributed by atoms with Crippen LogP contribution in [-0.2, 0) is 6.54 Å². The van der Waals surface area contributed by atoms with Crippen LogP contribution in [0, 0.1) is 12.3 Å². The molecule has 3 heteroatoms. The summed E-state index contributed by atoms with van der Waals surface area (Å²) in [4.78, 5) is 4.15. The minimum atomic E-state index is 0.372. The van der Waals surface area contributed by atoms with Crippen molar-refractivity contribution in [2.45, 2.75) is 25.9 Å². The molecule has 0 fully saturated rings. The van der Waals surface area contributed by atoms with E-state index in [1.165, 1.54) is 0 Å². The SMILES string of the molecule is C#CCC(C)NCc1cscn1.